The average molecular weight is 623 g/mol. The Balaban J connectivity index is 2.39. The minimum atomic E-state index is -1.42. The molecule has 0 aliphatic carbocycles. The van der Waals surface area contributed by atoms with Gasteiger partial charge in [-0.3, -0.25) is 4.79 Å². The van der Waals surface area contributed by atoms with Crippen molar-refractivity contribution in [2.75, 3.05) is 20.8 Å². The lowest BCUT2D eigenvalue weighted by Gasteiger charge is -2.42. The number of hydrogen-bond acceptors (Lipinski definition) is 10. The summed E-state index contributed by atoms with van der Waals surface area (Å²) in [5, 5.41) is 42.2. The van der Waals surface area contributed by atoms with E-state index in [1.165, 1.54) is 7.11 Å². The summed E-state index contributed by atoms with van der Waals surface area (Å²) < 4.78 is 28.6. The van der Waals surface area contributed by atoms with Gasteiger partial charge in [0.2, 0.25) is 0 Å². The molecule has 0 aromatic carbocycles. The molecule has 44 heavy (non-hydrogen) atoms. The van der Waals surface area contributed by atoms with Crippen molar-refractivity contribution in [2.45, 2.75) is 121 Å². The van der Waals surface area contributed by atoms with E-state index in [9.17, 15) is 25.2 Å². The van der Waals surface area contributed by atoms with Crippen LogP contribution in [0.1, 0.15) is 66.2 Å². The van der Waals surface area contributed by atoms with Crippen LogP contribution in [0.15, 0.2) is 59.8 Å². The van der Waals surface area contributed by atoms with Gasteiger partial charge in [-0.1, -0.05) is 55.0 Å². The summed E-state index contributed by atoms with van der Waals surface area (Å²) >= 11 is 0. The summed E-state index contributed by atoms with van der Waals surface area (Å²) in [7, 11) is 2.91. The minimum absolute atomic E-state index is 0.0117. The molecule has 0 bridgehead atoms. The van der Waals surface area contributed by atoms with Crippen LogP contribution >= 0.6 is 0 Å². The second-order valence-electron chi connectivity index (χ2n) is 11.7. The Morgan fingerprint density at radius 1 is 1.07 bits per heavy atom. The van der Waals surface area contributed by atoms with Crippen molar-refractivity contribution in [3.8, 4) is 0 Å². The Labute approximate surface area is 262 Å². The topological polar surface area (TPSA) is 144 Å². The maximum Gasteiger partial charge on any atom is 0.309 e. The molecule has 0 saturated carbocycles. The highest BCUT2D eigenvalue weighted by Gasteiger charge is 2.46. The second-order valence-corrected chi connectivity index (χ2v) is 11.7. The molecule has 10 unspecified atom stereocenters. The van der Waals surface area contributed by atoms with E-state index < -0.39 is 61.6 Å². The van der Waals surface area contributed by atoms with Crippen LogP contribution in [0.2, 0.25) is 0 Å². The number of methoxy groups -OCH3 is 2. The molecule has 2 aliphatic heterocycles. The van der Waals surface area contributed by atoms with Gasteiger partial charge < -0.3 is 44.1 Å². The van der Waals surface area contributed by atoms with E-state index in [2.05, 4.69) is 19.1 Å². The van der Waals surface area contributed by atoms with Crippen LogP contribution in [0, 0.1) is 5.92 Å². The normalized spacial score (nSPS) is 35.6. The maximum absolute atomic E-state index is 13.3. The van der Waals surface area contributed by atoms with Crippen molar-refractivity contribution < 1.29 is 48.9 Å². The van der Waals surface area contributed by atoms with Crippen molar-refractivity contribution >= 4 is 5.97 Å². The monoisotopic (exact) mass is 622 g/mol. The van der Waals surface area contributed by atoms with Crippen LogP contribution in [0.25, 0.3) is 0 Å². The van der Waals surface area contributed by atoms with Crippen molar-refractivity contribution in [2.24, 2.45) is 5.92 Å². The molecule has 0 amide bonds. The van der Waals surface area contributed by atoms with Crippen LogP contribution in [0.4, 0.5) is 0 Å². The SMILES string of the molecule is CC=CCC(C)=CC1CC=CC=CCC(C)C=C(C)C(OC)CC(O)CC(OC2OC(CO)C(O)C(OC)C2O)CC(=O)O1. The van der Waals surface area contributed by atoms with E-state index in [0.717, 1.165) is 24.0 Å². The fraction of sp³-hybridized carbons (Fsp3) is 0.676. The van der Waals surface area contributed by atoms with Crippen molar-refractivity contribution in [1.29, 1.82) is 0 Å². The summed E-state index contributed by atoms with van der Waals surface area (Å²) in [6.07, 6.45) is 9.13. The molecule has 250 valence electrons. The Morgan fingerprint density at radius 2 is 1.77 bits per heavy atom. The molecule has 1 saturated heterocycles. The van der Waals surface area contributed by atoms with Gasteiger partial charge >= 0.3 is 5.97 Å². The van der Waals surface area contributed by atoms with Crippen LogP contribution in [0.3, 0.4) is 0 Å². The third-order valence-corrected chi connectivity index (χ3v) is 7.86. The summed E-state index contributed by atoms with van der Waals surface area (Å²) in [4.78, 5) is 13.3. The standard InChI is InChI=1S/C34H54O10/c1-7-8-13-23(3)17-26-15-12-10-9-11-14-22(2)16-24(4)28(40-5)19-25(36)18-27(20-30(37)42-26)43-34-32(39)33(41-6)31(38)29(21-35)44-34/h7-12,16-17,22,25-29,31-36,38-39H,13-15,18-21H2,1-6H3. The zero-order valence-corrected chi connectivity index (χ0v) is 27.1. The van der Waals surface area contributed by atoms with Gasteiger partial charge in [0.1, 0.15) is 30.5 Å². The fourth-order valence-electron chi connectivity index (χ4n) is 5.46. The van der Waals surface area contributed by atoms with Gasteiger partial charge in [0, 0.05) is 33.5 Å². The first-order valence-electron chi connectivity index (χ1n) is 15.5. The number of aliphatic hydroxyl groups excluding tert-OH is 4. The average Bonchev–Trinajstić information content (AvgIpc) is 2.97. The molecular weight excluding hydrogens is 568 g/mol. The zero-order chi connectivity index (χ0) is 32.6. The number of carbonyl (C=O) groups is 1. The van der Waals surface area contributed by atoms with Crippen molar-refractivity contribution in [3.05, 3.63) is 59.8 Å². The summed E-state index contributed by atoms with van der Waals surface area (Å²) in [5.74, 6) is -0.295. The highest BCUT2D eigenvalue weighted by Crippen LogP contribution is 2.28. The predicted molar refractivity (Wildman–Crippen MR) is 168 cm³/mol. The number of rotatable bonds is 8. The number of carbonyl (C=O) groups excluding carboxylic acids is 1. The number of allylic oxidation sites excluding steroid dienone is 7. The zero-order valence-electron chi connectivity index (χ0n) is 27.1. The van der Waals surface area contributed by atoms with Crippen molar-refractivity contribution in [3.63, 3.8) is 0 Å². The molecule has 0 spiro atoms. The summed E-state index contributed by atoms with van der Waals surface area (Å²) in [5.41, 5.74) is 2.03. The third kappa shape index (κ3) is 12.7. The number of cyclic esters (lactones) is 1. The lowest BCUT2D eigenvalue weighted by Crippen LogP contribution is -2.60. The van der Waals surface area contributed by atoms with Crippen LogP contribution < -0.4 is 0 Å². The van der Waals surface area contributed by atoms with Crippen LogP contribution in [-0.2, 0) is 28.5 Å². The first-order chi connectivity index (χ1) is 21.0. The fourth-order valence-corrected chi connectivity index (χ4v) is 5.46. The van der Waals surface area contributed by atoms with Gasteiger partial charge in [-0.25, -0.2) is 0 Å². The van der Waals surface area contributed by atoms with E-state index in [4.69, 9.17) is 23.7 Å². The predicted octanol–water partition coefficient (Wildman–Crippen LogP) is 3.68. The Hall–Kier alpha value is -2.15. The third-order valence-electron chi connectivity index (χ3n) is 7.86. The molecule has 4 N–H and O–H groups in total. The molecule has 2 heterocycles. The first-order valence-corrected chi connectivity index (χ1v) is 15.5. The van der Waals surface area contributed by atoms with E-state index in [-0.39, 0.29) is 31.3 Å². The van der Waals surface area contributed by atoms with E-state index in [1.807, 2.05) is 57.2 Å². The van der Waals surface area contributed by atoms with Gasteiger partial charge in [-0.2, -0.15) is 0 Å². The lowest BCUT2D eigenvalue weighted by molar-refractivity contribution is -0.316. The number of esters is 1. The molecule has 1 fully saturated rings. The highest BCUT2D eigenvalue weighted by atomic mass is 16.7. The maximum atomic E-state index is 13.3. The second kappa shape index (κ2) is 20.1. The number of aliphatic hydroxyl groups is 4. The smallest absolute Gasteiger partial charge is 0.309 e. The lowest BCUT2D eigenvalue weighted by atomic mass is 9.96. The molecule has 2 rings (SSSR count). The van der Waals surface area contributed by atoms with Gasteiger partial charge in [0.15, 0.2) is 6.29 Å². The minimum Gasteiger partial charge on any atom is -0.458 e. The number of hydrogen-bond donors (Lipinski definition) is 4. The first kappa shape index (κ1) is 38.0. The molecule has 10 atom stereocenters. The summed E-state index contributed by atoms with van der Waals surface area (Å²) in [6, 6.07) is 0. The van der Waals surface area contributed by atoms with E-state index in [0.29, 0.717) is 6.42 Å². The van der Waals surface area contributed by atoms with Crippen molar-refractivity contribution in [1.82, 2.24) is 0 Å². The van der Waals surface area contributed by atoms with Crippen LogP contribution in [-0.4, -0.2) is 102 Å². The molecular formula is C34H54O10. The van der Waals surface area contributed by atoms with E-state index in [1.54, 1.807) is 7.11 Å². The summed E-state index contributed by atoms with van der Waals surface area (Å²) in [6.45, 7) is 7.48. The molecule has 0 radical (unpaired) electrons. The number of ether oxygens (including phenoxy) is 5. The molecule has 0 aromatic rings. The molecule has 10 nitrogen and oxygen atoms in total. The molecule has 0 aromatic heterocycles. The Morgan fingerprint density at radius 3 is 2.41 bits per heavy atom. The van der Waals surface area contributed by atoms with E-state index >= 15 is 0 Å². The Bertz CT molecular complexity index is 1000. The van der Waals surface area contributed by atoms with Gasteiger partial charge in [-0.15, -0.1) is 0 Å². The Kier molecular flexibility index (Phi) is 17.4. The quantitative estimate of drug-likeness (QED) is 0.234. The molecule has 2 aliphatic rings. The van der Waals surface area contributed by atoms with Gasteiger partial charge in [-0.05, 0) is 51.2 Å². The largest absolute Gasteiger partial charge is 0.458 e. The van der Waals surface area contributed by atoms with Crippen LogP contribution in [0.5, 0.6) is 0 Å². The highest BCUT2D eigenvalue weighted by molar-refractivity contribution is 5.70. The van der Waals surface area contributed by atoms with Gasteiger partial charge in [0.25, 0.3) is 0 Å². The molecule has 10 heteroatoms. The van der Waals surface area contributed by atoms with Gasteiger partial charge in [0.05, 0.1) is 31.3 Å².